The van der Waals surface area contributed by atoms with Crippen molar-refractivity contribution in [2.45, 2.75) is 33.3 Å². The van der Waals surface area contributed by atoms with E-state index >= 15 is 0 Å². The van der Waals surface area contributed by atoms with Gasteiger partial charge in [0, 0.05) is 23.1 Å². The molecule has 0 saturated carbocycles. The molecular weight excluding hydrogens is 426 g/mol. The number of nitriles is 1. The van der Waals surface area contributed by atoms with Gasteiger partial charge in [0.15, 0.2) is 5.13 Å². The lowest BCUT2D eigenvalue weighted by Gasteiger charge is -2.10. The van der Waals surface area contributed by atoms with Crippen LogP contribution >= 0.6 is 11.3 Å². The average Bonchev–Trinajstić information content (AvgIpc) is 3.16. The predicted molar refractivity (Wildman–Crippen MR) is 112 cm³/mol. The van der Waals surface area contributed by atoms with Crippen LogP contribution in [0.2, 0.25) is 0 Å². The summed E-state index contributed by atoms with van der Waals surface area (Å²) in [5.74, 6) is -0.306. The molecule has 3 rings (SSSR count). The maximum atomic E-state index is 12.6. The number of aromatic amines is 1. The van der Waals surface area contributed by atoms with Crippen LogP contribution in [0, 0.1) is 25.2 Å². The van der Waals surface area contributed by atoms with Gasteiger partial charge >= 0.3 is 6.61 Å². The monoisotopic (exact) mass is 444 g/mol. The number of amides is 1. The number of carbonyl (C=O) groups excluding carboxylic acids is 1. The van der Waals surface area contributed by atoms with E-state index in [1.165, 1.54) is 6.07 Å². The molecule has 0 bridgehead atoms. The van der Waals surface area contributed by atoms with Crippen molar-refractivity contribution in [1.29, 1.82) is 5.26 Å². The van der Waals surface area contributed by atoms with Crippen LogP contribution in [-0.4, -0.2) is 22.5 Å². The third-order valence-corrected chi connectivity index (χ3v) is 5.41. The zero-order valence-corrected chi connectivity index (χ0v) is 17.5. The first-order valence-corrected chi connectivity index (χ1v) is 10.1. The fourth-order valence-corrected chi connectivity index (χ4v) is 3.90. The van der Waals surface area contributed by atoms with Crippen LogP contribution in [-0.2, 0) is 11.2 Å². The number of hydrogen-bond donors (Lipinski definition) is 2. The van der Waals surface area contributed by atoms with Crippen molar-refractivity contribution in [1.82, 2.24) is 9.97 Å². The van der Waals surface area contributed by atoms with Crippen LogP contribution in [0.15, 0.2) is 34.4 Å². The SMILES string of the molecule is Cc1[nH]c(=O)c(C#N)c(C)c1CCC(=O)Nc1nc(-c2ccccc2OC(F)F)cs1. The number of benzene rings is 1. The summed E-state index contributed by atoms with van der Waals surface area (Å²) in [5, 5.41) is 13.8. The number of nitrogens with zero attached hydrogens (tertiary/aromatic N) is 2. The number of aromatic nitrogens is 2. The van der Waals surface area contributed by atoms with Gasteiger partial charge in [0.25, 0.3) is 5.56 Å². The molecule has 1 aromatic carbocycles. The molecule has 10 heteroatoms. The van der Waals surface area contributed by atoms with Gasteiger partial charge in [0.2, 0.25) is 5.91 Å². The molecule has 0 aliphatic heterocycles. The Bertz CT molecular complexity index is 1210. The second-order valence-electron chi connectivity index (χ2n) is 6.63. The summed E-state index contributed by atoms with van der Waals surface area (Å²) >= 11 is 1.16. The van der Waals surface area contributed by atoms with E-state index in [4.69, 9.17) is 5.26 Å². The molecule has 0 spiro atoms. The fraction of sp³-hybridized carbons (Fsp3) is 0.238. The zero-order chi connectivity index (χ0) is 22.5. The second-order valence-corrected chi connectivity index (χ2v) is 7.49. The maximum absolute atomic E-state index is 12.6. The van der Waals surface area contributed by atoms with Crippen LogP contribution in [0.1, 0.15) is 28.8 Å². The molecule has 3 aromatic rings. The molecule has 0 radical (unpaired) electrons. The van der Waals surface area contributed by atoms with Crippen LogP contribution in [0.25, 0.3) is 11.3 Å². The van der Waals surface area contributed by atoms with Crippen molar-refractivity contribution in [3.8, 4) is 23.1 Å². The summed E-state index contributed by atoms with van der Waals surface area (Å²) in [5.41, 5.74) is 2.30. The highest BCUT2D eigenvalue weighted by atomic mass is 32.1. The van der Waals surface area contributed by atoms with Gasteiger partial charge < -0.3 is 15.0 Å². The third-order valence-electron chi connectivity index (χ3n) is 4.65. The summed E-state index contributed by atoms with van der Waals surface area (Å²) in [6.07, 6.45) is 0.441. The number of nitrogens with one attached hydrogen (secondary N) is 2. The molecule has 2 N–H and O–H groups in total. The largest absolute Gasteiger partial charge is 0.434 e. The van der Waals surface area contributed by atoms with E-state index in [9.17, 15) is 18.4 Å². The number of para-hydroxylation sites is 1. The molecule has 0 aliphatic carbocycles. The number of ether oxygens (including phenoxy) is 1. The van der Waals surface area contributed by atoms with Gasteiger partial charge in [0.1, 0.15) is 17.4 Å². The number of anilines is 1. The molecule has 2 aromatic heterocycles. The predicted octanol–water partition coefficient (Wildman–Crippen LogP) is 4.16. The Morgan fingerprint density at radius 1 is 1.35 bits per heavy atom. The van der Waals surface area contributed by atoms with Gasteiger partial charge in [0.05, 0.1) is 5.69 Å². The number of pyridine rings is 1. The van der Waals surface area contributed by atoms with E-state index < -0.39 is 12.2 Å². The Morgan fingerprint density at radius 2 is 2.10 bits per heavy atom. The number of hydrogen-bond acceptors (Lipinski definition) is 6. The summed E-state index contributed by atoms with van der Waals surface area (Å²) in [6, 6.07) is 8.16. The van der Waals surface area contributed by atoms with E-state index in [0.29, 0.717) is 34.1 Å². The minimum atomic E-state index is -2.96. The number of alkyl halides is 2. The maximum Gasteiger partial charge on any atom is 0.387 e. The smallest absolute Gasteiger partial charge is 0.387 e. The quantitative estimate of drug-likeness (QED) is 0.569. The lowest BCUT2D eigenvalue weighted by Crippen LogP contribution is -2.18. The molecule has 31 heavy (non-hydrogen) atoms. The number of halogens is 2. The van der Waals surface area contributed by atoms with Crippen LogP contribution in [0.4, 0.5) is 13.9 Å². The fourth-order valence-electron chi connectivity index (χ4n) is 3.17. The van der Waals surface area contributed by atoms with E-state index in [0.717, 1.165) is 16.9 Å². The number of thiazole rings is 1. The Balaban J connectivity index is 1.70. The van der Waals surface area contributed by atoms with E-state index in [1.807, 2.05) is 6.07 Å². The van der Waals surface area contributed by atoms with E-state index in [2.05, 4.69) is 20.0 Å². The van der Waals surface area contributed by atoms with Gasteiger partial charge in [-0.15, -0.1) is 11.3 Å². The summed E-state index contributed by atoms with van der Waals surface area (Å²) < 4.78 is 29.7. The Hall–Kier alpha value is -3.58. The van der Waals surface area contributed by atoms with Gasteiger partial charge in [-0.05, 0) is 43.5 Å². The highest BCUT2D eigenvalue weighted by molar-refractivity contribution is 7.14. The van der Waals surface area contributed by atoms with Crippen LogP contribution < -0.4 is 15.6 Å². The number of H-pyrrole nitrogens is 1. The number of carbonyl (C=O) groups is 1. The molecule has 1 amide bonds. The van der Waals surface area contributed by atoms with Crippen molar-refractivity contribution >= 4 is 22.4 Å². The van der Waals surface area contributed by atoms with Crippen molar-refractivity contribution in [2.24, 2.45) is 0 Å². The summed E-state index contributed by atoms with van der Waals surface area (Å²) in [4.78, 5) is 31.1. The molecule has 0 aliphatic rings. The molecule has 0 unspecified atom stereocenters. The molecule has 160 valence electrons. The molecular formula is C21H18F2N4O3S. The third kappa shape index (κ3) is 5.13. The van der Waals surface area contributed by atoms with Crippen molar-refractivity contribution in [3.05, 3.63) is 62.4 Å². The van der Waals surface area contributed by atoms with Crippen LogP contribution in [0.5, 0.6) is 5.75 Å². The number of aryl methyl sites for hydroxylation is 1. The van der Waals surface area contributed by atoms with Crippen LogP contribution in [0.3, 0.4) is 0 Å². The first-order valence-electron chi connectivity index (χ1n) is 9.22. The first kappa shape index (κ1) is 22.1. The van der Waals surface area contributed by atoms with E-state index in [1.54, 1.807) is 37.4 Å². The van der Waals surface area contributed by atoms with Crippen molar-refractivity contribution in [3.63, 3.8) is 0 Å². The van der Waals surface area contributed by atoms with Gasteiger partial charge in [-0.25, -0.2) is 4.98 Å². The molecule has 0 fully saturated rings. The van der Waals surface area contributed by atoms with Gasteiger partial charge in [-0.2, -0.15) is 14.0 Å². The minimum absolute atomic E-state index is 0.00186. The molecule has 7 nitrogen and oxygen atoms in total. The van der Waals surface area contributed by atoms with E-state index in [-0.39, 0.29) is 23.6 Å². The van der Waals surface area contributed by atoms with Gasteiger partial charge in [-0.1, -0.05) is 12.1 Å². The molecule has 0 saturated heterocycles. The molecule has 0 atom stereocenters. The summed E-state index contributed by atoms with van der Waals surface area (Å²) in [6.45, 7) is 0.440. The molecule has 2 heterocycles. The Labute approximate surface area is 180 Å². The highest BCUT2D eigenvalue weighted by Crippen LogP contribution is 2.33. The first-order chi connectivity index (χ1) is 14.8. The number of rotatable bonds is 7. The average molecular weight is 444 g/mol. The standard InChI is InChI=1S/C21H18F2N4O3S/c1-11-13(12(2)25-19(29)15(11)9-24)7-8-18(28)27-21-26-16(10-31-21)14-5-3-4-6-17(14)30-20(22)23/h3-6,10,20H,7-8H2,1-2H3,(H,25,29)(H,26,27,28). The second kappa shape index (κ2) is 9.49. The lowest BCUT2D eigenvalue weighted by atomic mass is 9.99. The van der Waals surface area contributed by atoms with Gasteiger partial charge in [-0.3, -0.25) is 9.59 Å². The van der Waals surface area contributed by atoms with Crippen molar-refractivity contribution < 1.29 is 18.3 Å². The highest BCUT2D eigenvalue weighted by Gasteiger charge is 2.16. The normalized spacial score (nSPS) is 10.7. The Morgan fingerprint density at radius 3 is 2.81 bits per heavy atom. The minimum Gasteiger partial charge on any atom is -0.434 e. The topological polar surface area (TPSA) is 108 Å². The Kier molecular flexibility index (Phi) is 6.77. The summed E-state index contributed by atoms with van der Waals surface area (Å²) in [7, 11) is 0. The van der Waals surface area contributed by atoms with Crippen molar-refractivity contribution in [2.75, 3.05) is 5.32 Å². The zero-order valence-electron chi connectivity index (χ0n) is 16.7. The lowest BCUT2D eigenvalue weighted by molar-refractivity contribution is -0.116.